The SMILES string of the molecule is C=CCn1c(S[C@@H](C(=O)N2CCOCC2)c2ccccc2)nnc1-c1ccc(Cl)cc1. The van der Waals surface area contributed by atoms with Crippen LogP contribution in [0.5, 0.6) is 0 Å². The van der Waals surface area contributed by atoms with E-state index >= 15 is 0 Å². The molecule has 1 amide bonds. The molecule has 1 aliphatic rings. The molecule has 1 aromatic heterocycles. The fraction of sp³-hybridized carbons (Fsp3) is 0.261. The van der Waals surface area contributed by atoms with E-state index in [1.165, 1.54) is 11.8 Å². The number of thioether (sulfide) groups is 1. The van der Waals surface area contributed by atoms with Crippen LogP contribution < -0.4 is 0 Å². The average Bonchev–Trinajstić information content (AvgIpc) is 3.21. The lowest BCUT2D eigenvalue weighted by molar-refractivity contribution is -0.134. The van der Waals surface area contributed by atoms with Gasteiger partial charge in [-0.25, -0.2) is 0 Å². The first-order chi connectivity index (χ1) is 15.2. The number of nitrogens with zero attached hydrogens (tertiary/aromatic N) is 4. The third-order valence-corrected chi connectivity index (χ3v) is 6.48. The van der Waals surface area contributed by atoms with Crippen LogP contribution in [0.2, 0.25) is 5.02 Å². The van der Waals surface area contributed by atoms with Gasteiger partial charge in [-0.3, -0.25) is 9.36 Å². The van der Waals surface area contributed by atoms with E-state index in [0.29, 0.717) is 48.9 Å². The minimum Gasteiger partial charge on any atom is -0.378 e. The zero-order valence-electron chi connectivity index (χ0n) is 17.0. The normalized spacial score (nSPS) is 14.9. The van der Waals surface area contributed by atoms with Crippen LogP contribution in [0.25, 0.3) is 11.4 Å². The van der Waals surface area contributed by atoms with Gasteiger partial charge in [0.05, 0.1) is 13.2 Å². The van der Waals surface area contributed by atoms with Crippen molar-refractivity contribution in [3.05, 3.63) is 77.8 Å². The molecule has 0 radical (unpaired) electrons. The van der Waals surface area contributed by atoms with E-state index in [2.05, 4.69) is 16.8 Å². The van der Waals surface area contributed by atoms with Crippen molar-refractivity contribution in [1.29, 1.82) is 0 Å². The summed E-state index contributed by atoms with van der Waals surface area (Å²) >= 11 is 7.45. The number of carbonyl (C=O) groups is 1. The van der Waals surface area contributed by atoms with Crippen LogP contribution in [-0.2, 0) is 16.1 Å². The molecule has 1 atom stereocenters. The van der Waals surface area contributed by atoms with Gasteiger partial charge in [0.15, 0.2) is 11.0 Å². The monoisotopic (exact) mass is 454 g/mol. The molecule has 31 heavy (non-hydrogen) atoms. The molecule has 2 heterocycles. The first kappa shape index (κ1) is 21.6. The zero-order chi connectivity index (χ0) is 21.6. The predicted octanol–water partition coefficient (Wildman–Crippen LogP) is 4.48. The van der Waals surface area contributed by atoms with E-state index in [9.17, 15) is 4.79 Å². The summed E-state index contributed by atoms with van der Waals surface area (Å²) in [5.74, 6) is 0.769. The molecule has 0 N–H and O–H groups in total. The molecule has 0 bridgehead atoms. The number of amides is 1. The van der Waals surface area contributed by atoms with Gasteiger partial charge in [-0.15, -0.1) is 16.8 Å². The molecule has 160 valence electrons. The molecule has 1 fully saturated rings. The minimum atomic E-state index is -0.426. The lowest BCUT2D eigenvalue weighted by Gasteiger charge is -2.30. The van der Waals surface area contributed by atoms with E-state index < -0.39 is 5.25 Å². The van der Waals surface area contributed by atoms with Crippen LogP contribution in [-0.4, -0.2) is 51.9 Å². The first-order valence-electron chi connectivity index (χ1n) is 10.1. The summed E-state index contributed by atoms with van der Waals surface area (Å²) in [6, 6.07) is 17.3. The lowest BCUT2D eigenvalue weighted by atomic mass is 10.1. The number of carbonyl (C=O) groups excluding carboxylic acids is 1. The van der Waals surface area contributed by atoms with E-state index in [-0.39, 0.29) is 5.91 Å². The molecule has 4 rings (SSSR count). The summed E-state index contributed by atoms with van der Waals surface area (Å²) in [5.41, 5.74) is 1.84. The standard InChI is InChI=1S/C23H23ClN4O2S/c1-2-12-28-21(18-8-10-19(24)11-9-18)25-26-23(28)31-20(17-6-4-3-5-7-17)22(29)27-13-15-30-16-14-27/h2-11,20H,1,12-16H2/t20-/m1/s1. The Kier molecular flexibility index (Phi) is 7.06. The number of hydrogen-bond acceptors (Lipinski definition) is 5. The van der Waals surface area contributed by atoms with E-state index in [1.807, 2.05) is 64.1 Å². The fourth-order valence-electron chi connectivity index (χ4n) is 3.43. The van der Waals surface area contributed by atoms with Crippen LogP contribution in [0.3, 0.4) is 0 Å². The maximum atomic E-state index is 13.4. The number of morpholine rings is 1. The highest BCUT2D eigenvalue weighted by Crippen LogP contribution is 2.37. The Hall–Kier alpha value is -2.61. The number of ether oxygens (including phenoxy) is 1. The Labute approximate surface area is 190 Å². The van der Waals surface area contributed by atoms with Crippen molar-refractivity contribution in [3.8, 4) is 11.4 Å². The predicted molar refractivity (Wildman–Crippen MR) is 123 cm³/mol. The average molecular weight is 455 g/mol. The number of benzene rings is 2. The number of hydrogen-bond donors (Lipinski definition) is 0. The lowest BCUT2D eigenvalue weighted by Crippen LogP contribution is -2.42. The Balaban J connectivity index is 1.68. The summed E-state index contributed by atoms with van der Waals surface area (Å²) in [4.78, 5) is 15.3. The van der Waals surface area contributed by atoms with Crippen molar-refractivity contribution in [2.45, 2.75) is 17.0 Å². The second kappa shape index (κ2) is 10.1. The quantitative estimate of drug-likeness (QED) is 0.389. The van der Waals surface area contributed by atoms with Crippen molar-refractivity contribution in [2.75, 3.05) is 26.3 Å². The molecule has 0 saturated carbocycles. The summed E-state index contributed by atoms with van der Waals surface area (Å²) in [6.07, 6.45) is 1.80. The van der Waals surface area contributed by atoms with Crippen molar-refractivity contribution < 1.29 is 9.53 Å². The first-order valence-corrected chi connectivity index (χ1v) is 11.3. The largest absolute Gasteiger partial charge is 0.378 e. The van der Waals surface area contributed by atoms with Crippen LogP contribution >= 0.6 is 23.4 Å². The van der Waals surface area contributed by atoms with Crippen LogP contribution in [0.4, 0.5) is 0 Å². The van der Waals surface area contributed by atoms with Crippen molar-refractivity contribution in [2.24, 2.45) is 0 Å². The molecule has 2 aromatic carbocycles. The molecule has 8 heteroatoms. The van der Waals surface area contributed by atoms with Gasteiger partial charge in [0.25, 0.3) is 0 Å². The van der Waals surface area contributed by atoms with Crippen LogP contribution in [0.1, 0.15) is 10.8 Å². The summed E-state index contributed by atoms with van der Waals surface area (Å²) < 4.78 is 7.39. The third kappa shape index (κ3) is 5.01. The Morgan fingerprint density at radius 1 is 1.13 bits per heavy atom. The van der Waals surface area contributed by atoms with Crippen molar-refractivity contribution in [3.63, 3.8) is 0 Å². The highest BCUT2D eigenvalue weighted by atomic mass is 35.5. The molecule has 3 aromatic rings. The Morgan fingerprint density at radius 3 is 2.52 bits per heavy atom. The molecular weight excluding hydrogens is 432 g/mol. The molecule has 1 aliphatic heterocycles. The van der Waals surface area contributed by atoms with Gasteiger partial charge >= 0.3 is 0 Å². The highest BCUT2D eigenvalue weighted by molar-refractivity contribution is 8.00. The van der Waals surface area contributed by atoms with Crippen LogP contribution in [0, 0.1) is 0 Å². The van der Waals surface area contributed by atoms with Gasteiger partial charge in [0.2, 0.25) is 5.91 Å². The molecule has 0 unspecified atom stereocenters. The van der Waals surface area contributed by atoms with E-state index in [0.717, 1.165) is 11.1 Å². The maximum absolute atomic E-state index is 13.4. The summed E-state index contributed by atoms with van der Waals surface area (Å²) in [7, 11) is 0. The van der Waals surface area contributed by atoms with Crippen LogP contribution in [0.15, 0.2) is 72.4 Å². The smallest absolute Gasteiger partial charge is 0.240 e. The third-order valence-electron chi connectivity index (χ3n) is 5.00. The van der Waals surface area contributed by atoms with Gasteiger partial charge < -0.3 is 9.64 Å². The summed E-state index contributed by atoms with van der Waals surface area (Å²) in [6.45, 7) is 6.72. The van der Waals surface area contributed by atoms with Gasteiger partial charge in [0, 0.05) is 30.2 Å². The topological polar surface area (TPSA) is 60.2 Å². The second-order valence-corrected chi connectivity index (χ2v) is 8.57. The van der Waals surface area contributed by atoms with Gasteiger partial charge in [-0.2, -0.15) is 0 Å². The maximum Gasteiger partial charge on any atom is 0.240 e. The molecule has 0 spiro atoms. The Morgan fingerprint density at radius 2 is 1.84 bits per heavy atom. The Bertz CT molecular complexity index is 1030. The number of aromatic nitrogens is 3. The number of halogens is 1. The second-order valence-electron chi connectivity index (χ2n) is 7.06. The van der Waals surface area contributed by atoms with Gasteiger partial charge in [-0.05, 0) is 29.8 Å². The molecule has 1 saturated heterocycles. The fourth-order valence-corrected chi connectivity index (χ4v) is 4.68. The van der Waals surface area contributed by atoms with Gasteiger partial charge in [-0.1, -0.05) is 59.8 Å². The highest BCUT2D eigenvalue weighted by Gasteiger charge is 2.30. The van der Waals surface area contributed by atoms with E-state index in [4.69, 9.17) is 16.3 Å². The minimum absolute atomic E-state index is 0.0562. The number of rotatable bonds is 7. The van der Waals surface area contributed by atoms with Crippen molar-refractivity contribution in [1.82, 2.24) is 19.7 Å². The molecule has 6 nitrogen and oxygen atoms in total. The summed E-state index contributed by atoms with van der Waals surface area (Å²) in [5, 5.41) is 9.74. The molecular formula is C23H23ClN4O2S. The van der Waals surface area contributed by atoms with Crippen molar-refractivity contribution >= 4 is 29.3 Å². The van der Waals surface area contributed by atoms with Gasteiger partial charge in [0.1, 0.15) is 5.25 Å². The number of allylic oxidation sites excluding steroid dienone is 1. The zero-order valence-corrected chi connectivity index (χ0v) is 18.6. The van der Waals surface area contributed by atoms with E-state index in [1.54, 1.807) is 6.08 Å². The molecule has 0 aliphatic carbocycles.